The minimum atomic E-state index is -3.80. The van der Waals surface area contributed by atoms with Gasteiger partial charge in [0.1, 0.15) is 11.6 Å². The first kappa shape index (κ1) is 33.6. The number of aliphatic hydroxyl groups excluding tert-OH is 1. The van der Waals surface area contributed by atoms with Crippen LogP contribution in [-0.4, -0.2) is 73.5 Å². The van der Waals surface area contributed by atoms with Crippen molar-refractivity contribution in [3.8, 4) is 0 Å². The van der Waals surface area contributed by atoms with Crippen molar-refractivity contribution in [2.45, 2.75) is 43.4 Å². The van der Waals surface area contributed by atoms with Gasteiger partial charge in [0, 0.05) is 56.9 Å². The van der Waals surface area contributed by atoms with E-state index in [1.807, 2.05) is 31.2 Å². The van der Waals surface area contributed by atoms with Gasteiger partial charge < -0.3 is 21.1 Å². The summed E-state index contributed by atoms with van der Waals surface area (Å²) in [6, 6.07) is 15.7. The van der Waals surface area contributed by atoms with Crippen LogP contribution in [0.15, 0.2) is 71.6 Å². The van der Waals surface area contributed by atoms with Crippen LogP contribution >= 0.6 is 12.4 Å². The maximum absolute atomic E-state index is 13.8. The average Bonchev–Trinajstić information content (AvgIpc) is 2.96. The van der Waals surface area contributed by atoms with E-state index in [0.717, 1.165) is 35.7 Å². The molecule has 3 aromatic carbocycles. The fraction of sp³-hybridized carbons (Fsp3) is 0.367. The molecule has 12 heteroatoms. The molecule has 1 amide bonds. The first-order valence-electron chi connectivity index (χ1n) is 13.6. The molecule has 0 spiro atoms. The zero-order chi connectivity index (χ0) is 29.6. The van der Waals surface area contributed by atoms with E-state index in [0.29, 0.717) is 26.2 Å². The molecule has 0 aromatic heterocycles. The van der Waals surface area contributed by atoms with Crippen LogP contribution in [0.5, 0.6) is 0 Å². The fourth-order valence-electron chi connectivity index (χ4n) is 4.89. The van der Waals surface area contributed by atoms with Crippen molar-refractivity contribution in [3.63, 3.8) is 0 Å². The number of halogens is 3. The number of nitrogens with zero attached hydrogens (tertiary/aromatic N) is 2. The van der Waals surface area contributed by atoms with Crippen molar-refractivity contribution in [1.82, 2.24) is 14.5 Å². The topological polar surface area (TPSA) is 116 Å². The predicted octanol–water partition coefficient (Wildman–Crippen LogP) is 3.12. The number of carbonyl (C=O) groups excluding carboxylic acids is 1. The number of hydrogen-bond donors (Lipinski definition) is 3. The second-order valence-electron chi connectivity index (χ2n) is 10.3. The number of nitrogens with two attached hydrogens (primary N) is 1. The average molecular weight is 623 g/mol. The van der Waals surface area contributed by atoms with Crippen LogP contribution in [0.3, 0.4) is 0 Å². The van der Waals surface area contributed by atoms with Gasteiger partial charge in [-0.3, -0.25) is 4.79 Å². The lowest BCUT2D eigenvalue weighted by Gasteiger charge is -2.29. The van der Waals surface area contributed by atoms with E-state index in [1.54, 1.807) is 0 Å². The molecule has 1 aliphatic rings. The molecule has 4 rings (SSSR count). The Morgan fingerprint density at radius 1 is 1.00 bits per heavy atom. The Labute approximate surface area is 252 Å². The van der Waals surface area contributed by atoms with Gasteiger partial charge in [-0.15, -0.1) is 12.4 Å². The SMILES string of the molecule is CCc1cccc(CN(C[C@@H](O)[C@@H](N)Cc2cc(F)cc(F)c2)C(=O)c2cccc(S(=O)(=O)N3CCNCC3)c2)c1.Cl. The van der Waals surface area contributed by atoms with E-state index >= 15 is 0 Å². The van der Waals surface area contributed by atoms with Crippen molar-refractivity contribution >= 4 is 28.3 Å². The molecule has 0 aliphatic carbocycles. The molecule has 1 heterocycles. The molecule has 8 nitrogen and oxygen atoms in total. The number of piperazine rings is 1. The minimum absolute atomic E-state index is 0. The Morgan fingerprint density at radius 3 is 2.31 bits per heavy atom. The van der Waals surface area contributed by atoms with Crippen molar-refractivity contribution in [1.29, 1.82) is 0 Å². The van der Waals surface area contributed by atoms with E-state index < -0.39 is 39.7 Å². The number of benzene rings is 3. The van der Waals surface area contributed by atoms with Crippen LogP contribution in [0.1, 0.15) is 34.0 Å². The number of rotatable bonds is 11. The number of carbonyl (C=O) groups is 1. The third-order valence-corrected chi connectivity index (χ3v) is 9.05. The molecule has 4 N–H and O–H groups in total. The van der Waals surface area contributed by atoms with Gasteiger partial charge in [0.15, 0.2) is 0 Å². The van der Waals surface area contributed by atoms with Gasteiger partial charge in [-0.2, -0.15) is 4.31 Å². The molecule has 42 heavy (non-hydrogen) atoms. The van der Waals surface area contributed by atoms with Crippen molar-refractivity contribution in [2.75, 3.05) is 32.7 Å². The van der Waals surface area contributed by atoms with Gasteiger partial charge in [0.05, 0.1) is 11.0 Å². The summed E-state index contributed by atoms with van der Waals surface area (Å²) >= 11 is 0. The van der Waals surface area contributed by atoms with Gasteiger partial charge in [-0.05, 0) is 59.9 Å². The zero-order valence-electron chi connectivity index (χ0n) is 23.4. The summed E-state index contributed by atoms with van der Waals surface area (Å²) in [5.41, 5.74) is 8.56. The molecule has 1 fully saturated rings. The number of aliphatic hydroxyl groups is 1. The molecule has 228 valence electrons. The maximum Gasteiger partial charge on any atom is 0.254 e. The number of nitrogens with one attached hydrogen (secondary N) is 1. The molecular weight excluding hydrogens is 586 g/mol. The summed E-state index contributed by atoms with van der Waals surface area (Å²) in [6.45, 7) is 3.73. The highest BCUT2D eigenvalue weighted by molar-refractivity contribution is 7.89. The summed E-state index contributed by atoms with van der Waals surface area (Å²) in [5, 5.41) is 14.1. The van der Waals surface area contributed by atoms with Crippen molar-refractivity contribution < 1.29 is 27.1 Å². The lowest BCUT2D eigenvalue weighted by Crippen LogP contribution is -2.46. The Bertz CT molecular complexity index is 1450. The second-order valence-corrected chi connectivity index (χ2v) is 12.2. The predicted molar refractivity (Wildman–Crippen MR) is 160 cm³/mol. The van der Waals surface area contributed by atoms with E-state index in [1.165, 1.54) is 33.5 Å². The lowest BCUT2D eigenvalue weighted by atomic mass is 10.0. The van der Waals surface area contributed by atoms with Gasteiger partial charge in [0.25, 0.3) is 5.91 Å². The molecule has 0 bridgehead atoms. The van der Waals surface area contributed by atoms with Crippen molar-refractivity contribution in [3.05, 3.63) is 101 Å². The summed E-state index contributed by atoms with van der Waals surface area (Å²) in [6.07, 6.45) is -0.445. The molecule has 1 aliphatic heterocycles. The van der Waals surface area contributed by atoms with Crippen molar-refractivity contribution in [2.24, 2.45) is 5.73 Å². The molecular formula is C30H37ClF2N4O4S. The van der Waals surface area contributed by atoms with Crippen LogP contribution in [0.2, 0.25) is 0 Å². The van der Waals surface area contributed by atoms with Crippen LogP contribution in [0, 0.1) is 11.6 Å². The zero-order valence-corrected chi connectivity index (χ0v) is 25.0. The first-order chi connectivity index (χ1) is 19.6. The Hall–Kier alpha value is -2.93. The van der Waals surface area contributed by atoms with E-state index in [2.05, 4.69) is 5.32 Å². The largest absolute Gasteiger partial charge is 0.390 e. The van der Waals surface area contributed by atoms with E-state index in [-0.39, 0.29) is 47.9 Å². The lowest BCUT2D eigenvalue weighted by molar-refractivity contribution is 0.0554. The smallest absolute Gasteiger partial charge is 0.254 e. The molecule has 2 atom stereocenters. The highest BCUT2D eigenvalue weighted by Gasteiger charge is 2.28. The fourth-order valence-corrected chi connectivity index (χ4v) is 6.38. The van der Waals surface area contributed by atoms with Crippen LogP contribution in [0.4, 0.5) is 8.78 Å². The van der Waals surface area contributed by atoms with E-state index in [4.69, 9.17) is 5.73 Å². The normalized spacial score (nSPS) is 15.5. The second kappa shape index (κ2) is 15.0. The maximum atomic E-state index is 13.8. The third-order valence-electron chi connectivity index (χ3n) is 7.15. The van der Waals surface area contributed by atoms with Crippen LogP contribution in [-0.2, 0) is 29.4 Å². The quantitative estimate of drug-likeness (QED) is 0.303. The Balaban J connectivity index is 0.00000484. The van der Waals surface area contributed by atoms with Gasteiger partial charge >= 0.3 is 0 Å². The Morgan fingerprint density at radius 2 is 1.64 bits per heavy atom. The Kier molecular flexibility index (Phi) is 12.0. The monoisotopic (exact) mass is 622 g/mol. The minimum Gasteiger partial charge on any atom is -0.390 e. The highest BCUT2D eigenvalue weighted by atomic mass is 35.5. The van der Waals surface area contributed by atoms with Gasteiger partial charge in [0.2, 0.25) is 10.0 Å². The van der Waals surface area contributed by atoms with Gasteiger partial charge in [-0.1, -0.05) is 37.3 Å². The summed E-state index contributed by atoms with van der Waals surface area (Å²) in [7, 11) is -3.80. The molecule has 3 aromatic rings. The summed E-state index contributed by atoms with van der Waals surface area (Å²) < 4.78 is 55.2. The number of hydrogen-bond acceptors (Lipinski definition) is 6. The molecule has 0 saturated carbocycles. The van der Waals surface area contributed by atoms with Crippen LogP contribution < -0.4 is 11.1 Å². The number of sulfonamides is 1. The first-order valence-corrected chi connectivity index (χ1v) is 15.1. The van der Waals surface area contributed by atoms with E-state index in [9.17, 15) is 27.1 Å². The number of aryl methyl sites for hydroxylation is 1. The van der Waals surface area contributed by atoms with Crippen LogP contribution in [0.25, 0.3) is 0 Å². The standard InChI is InChI=1S/C30H36F2N4O4S.ClH/c1-2-21-5-3-6-22(13-21)19-35(20-29(37)28(33)16-23-14-25(31)18-26(32)15-23)30(38)24-7-4-8-27(17-24)41(39,40)36-11-9-34-10-12-36;/h3-8,13-15,17-18,28-29,34,37H,2,9-12,16,19-20,33H2,1H3;1H/t28-,29+;/m0./s1. The highest BCUT2D eigenvalue weighted by Crippen LogP contribution is 2.21. The molecule has 0 radical (unpaired) electrons. The van der Waals surface area contributed by atoms with Gasteiger partial charge in [-0.25, -0.2) is 17.2 Å². The molecule has 1 saturated heterocycles. The summed E-state index contributed by atoms with van der Waals surface area (Å²) in [4.78, 5) is 15.3. The third kappa shape index (κ3) is 8.56. The number of amides is 1. The summed E-state index contributed by atoms with van der Waals surface area (Å²) in [5.74, 6) is -1.97. The molecule has 0 unspecified atom stereocenters.